The van der Waals surface area contributed by atoms with E-state index in [0.29, 0.717) is 0 Å². The Labute approximate surface area is 110 Å². The zero-order valence-corrected chi connectivity index (χ0v) is 11.1. The van der Waals surface area contributed by atoms with Crippen LogP contribution in [0.5, 0.6) is 0 Å². The maximum atomic E-state index is 6.22. The first-order valence-corrected chi connectivity index (χ1v) is 7.49. The molecule has 2 aliphatic rings. The van der Waals surface area contributed by atoms with Crippen LogP contribution in [0.15, 0.2) is 24.3 Å². The summed E-state index contributed by atoms with van der Waals surface area (Å²) in [6.07, 6.45) is 11.0. The molecule has 0 unspecified atom stereocenters. The predicted octanol–water partition coefficient (Wildman–Crippen LogP) is 3.96. The smallest absolute Gasteiger partial charge is 0.0604 e. The van der Waals surface area contributed by atoms with Crippen molar-refractivity contribution in [3.63, 3.8) is 0 Å². The lowest BCUT2D eigenvalue weighted by atomic mass is 10.1. The molecule has 2 heteroatoms. The minimum Gasteiger partial charge on any atom is -0.397 e. The van der Waals surface area contributed by atoms with Gasteiger partial charge in [0, 0.05) is 12.1 Å². The van der Waals surface area contributed by atoms with Crippen LogP contribution in [0.2, 0.25) is 0 Å². The standard InChI is InChI=1S/C16H24N2/c17-15-11-5-6-12-16(15)18(13-7-1-2-8-13)14-9-3-4-10-14/h5-6,11-14H,1-4,7-10,17H2. The van der Waals surface area contributed by atoms with Gasteiger partial charge in [-0.2, -0.15) is 0 Å². The van der Waals surface area contributed by atoms with Crippen LogP contribution in [0.3, 0.4) is 0 Å². The topological polar surface area (TPSA) is 29.3 Å². The first-order valence-electron chi connectivity index (χ1n) is 7.49. The summed E-state index contributed by atoms with van der Waals surface area (Å²) >= 11 is 0. The van der Waals surface area contributed by atoms with E-state index in [0.717, 1.165) is 17.8 Å². The zero-order valence-electron chi connectivity index (χ0n) is 11.1. The van der Waals surface area contributed by atoms with E-state index < -0.39 is 0 Å². The van der Waals surface area contributed by atoms with Crippen LogP contribution in [0.4, 0.5) is 11.4 Å². The third kappa shape index (κ3) is 2.21. The number of hydrogen-bond donors (Lipinski definition) is 1. The average molecular weight is 244 g/mol. The summed E-state index contributed by atoms with van der Waals surface area (Å²) in [4.78, 5) is 2.68. The van der Waals surface area contributed by atoms with E-state index in [4.69, 9.17) is 5.73 Å². The summed E-state index contributed by atoms with van der Waals surface area (Å²) in [6.45, 7) is 0. The molecule has 3 rings (SSSR count). The van der Waals surface area contributed by atoms with Gasteiger partial charge in [0.25, 0.3) is 0 Å². The third-order valence-corrected chi connectivity index (χ3v) is 4.65. The van der Waals surface area contributed by atoms with Crippen LogP contribution in [0.25, 0.3) is 0 Å². The van der Waals surface area contributed by atoms with E-state index in [1.165, 1.54) is 57.1 Å². The van der Waals surface area contributed by atoms with Gasteiger partial charge in [0.2, 0.25) is 0 Å². The van der Waals surface area contributed by atoms with E-state index in [2.05, 4.69) is 17.0 Å². The van der Waals surface area contributed by atoms with Crippen molar-refractivity contribution >= 4 is 11.4 Å². The molecule has 0 heterocycles. The second-order valence-corrected chi connectivity index (χ2v) is 5.84. The fourth-order valence-electron chi connectivity index (χ4n) is 3.78. The number of anilines is 2. The maximum Gasteiger partial charge on any atom is 0.0604 e. The van der Waals surface area contributed by atoms with Gasteiger partial charge in [-0.25, -0.2) is 0 Å². The van der Waals surface area contributed by atoms with Gasteiger partial charge in [-0.05, 0) is 37.8 Å². The summed E-state index contributed by atoms with van der Waals surface area (Å²) in [7, 11) is 0. The molecule has 0 saturated heterocycles. The minimum atomic E-state index is 0.734. The van der Waals surface area contributed by atoms with E-state index in [1.54, 1.807) is 0 Å². The van der Waals surface area contributed by atoms with Gasteiger partial charge in [0.05, 0.1) is 11.4 Å². The van der Waals surface area contributed by atoms with Gasteiger partial charge < -0.3 is 10.6 Å². The molecule has 0 atom stereocenters. The Morgan fingerprint density at radius 3 is 1.83 bits per heavy atom. The molecule has 0 aliphatic heterocycles. The Bertz CT molecular complexity index is 374. The molecule has 0 radical (unpaired) electrons. The lowest BCUT2D eigenvalue weighted by Crippen LogP contribution is -2.41. The van der Waals surface area contributed by atoms with E-state index in [-0.39, 0.29) is 0 Å². The number of nitrogens with zero attached hydrogens (tertiary/aromatic N) is 1. The number of nitrogens with two attached hydrogens (primary N) is 1. The molecule has 2 nitrogen and oxygen atoms in total. The van der Waals surface area contributed by atoms with Crippen molar-refractivity contribution in [1.82, 2.24) is 0 Å². The average Bonchev–Trinajstić information content (AvgIpc) is 3.05. The lowest BCUT2D eigenvalue weighted by Gasteiger charge is -2.37. The molecule has 0 aromatic heterocycles. The normalized spacial score (nSPS) is 21.6. The molecule has 0 spiro atoms. The Hall–Kier alpha value is -1.18. The first-order chi connectivity index (χ1) is 8.86. The van der Waals surface area contributed by atoms with Gasteiger partial charge in [-0.1, -0.05) is 37.8 Å². The van der Waals surface area contributed by atoms with Gasteiger partial charge >= 0.3 is 0 Å². The highest BCUT2D eigenvalue weighted by Gasteiger charge is 2.31. The molecular weight excluding hydrogens is 220 g/mol. The van der Waals surface area contributed by atoms with Crippen LogP contribution in [0, 0.1) is 0 Å². The van der Waals surface area contributed by atoms with Crippen LogP contribution >= 0.6 is 0 Å². The van der Waals surface area contributed by atoms with Gasteiger partial charge in [0.1, 0.15) is 0 Å². The highest BCUT2D eigenvalue weighted by molar-refractivity contribution is 5.68. The SMILES string of the molecule is Nc1ccccc1N(C1CCCC1)C1CCCC1. The summed E-state index contributed by atoms with van der Waals surface area (Å²) in [5.74, 6) is 0. The molecule has 2 fully saturated rings. The number of hydrogen-bond acceptors (Lipinski definition) is 2. The van der Waals surface area contributed by atoms with Crippen molar-refractivity contribution in [2.75, 3.05) is 10.6 Å². The molecule has 1 aromatic rings. The Balaban J connectivity index is 1.90. The minimum absolute atomic E-state index is 0.734. The van der Waals surface area contributed by atoms with Crippen molar-refractivity contribution in [3.05, 3.63) is 24.3 Å². The molecule has 2 saturated carbocycles. The second kappa shape index (κ2) is 5.21. The van der Waals surface area contributed by atoms with Crippen LogP contribution in [-0.2, 0) is 0 Å². The van der Waals surface area contributed by atoms with Crippen molar-refractivity contribution in [2.45, 2.75) is 63.5 Å². The molecule has 18 heavy (non-hydrogen) atoms. The summed E-state index contributed by atoms with van der Waals surface area (Å²) in [6, 6.07) is 9.90. The number of rotatable bonds is 3. The monoisotopic (exact) mass is 244 g/mol. The largest absolute Gasteiger partial charge is 0.397 e. The van der Waals surface area contributed by atoms with E-state index in [1.807, 2.05) is 12.1 Å². The lowest BCUT2D eigenvalue weighted by molar-refractivity contribution is 0.514. The first kappa shape index (κ1) is 11.9. The molecule has 98 valence electrons. The molecule has 0 bridgehead atoms. The molecule has 1 aromatic carbocycles. The number of para-hydroxylation sites is 2. The maximum absolute atomic E-state index is 6.22. The third-order valence-electron chi connectivity index (χ3n) is 4.65. The van der Waals surface area contributed by atoms with Gasteiger partial charge in [0.15, 0.2) is 0 Å². The van der Waals surface area contributed by atoms with E-state index >= 15 is 0 Å². The van der Waals surface area contributed by atoms with Crippen molar-refractivity contribution in [3.8, 4) is 0 Å². The fraction of sp³-hybridized carbons (Fsp3) is 0.625. The van der Waals surface area contributed by atoms with Gasteiger partial charge in [-0.15, -0.1) is 0 Å². The highest BCUT2D eigenvalue weighted by Crippen LogP contribution is 2.37. The Morgan fingerprint density at radius 2 is 1.33 bits per heavy atom. The molecule has 2 N–H and O–H groups in total. The Kier molecular flexibility index (Phi) is 3.44. The summed E-state index contributed by atoms with van der Waals surface area (Å²) in [5.41, 5.74) is 8.46. The second-order valence-electron chi connectivity index (χ2n) is 5.84. The zero-order chi connectivity index (χ0) is 12.4. The molecular formula is C16H24N2. The van der Waals surface area contributed by atoms with Crippen LogP contribution in [-0.4, -0.2) is 12.1 Å². The van der Waals surface area contributed by atoms with Crippen LogP contribution < -0.4 is 10.6 Å². The van der Waals surface area contributed by atoms with Crippen molar-refractivity contribution in [2.24, 2.45) is 0 Å². The Morgan fingerprint density at radius 1 is 0.833 bits per heavy atom. The van der Waals surface area contributed by atoms with Crippen molar-refractivity contribution in [1.29, 1.82) is 0 Å². The number of benzene rings is 1. The van der Waals surface area contributed by atoms with Crippen molar-refractivity contribution < 1.29 is 0 Å². The summed E-state index contributed by atoms with van der Waals surface area (Å²) in [5, 5.41) is 0. The quantitative estimate of drug-likeness (QED) is 0.815. The predicted molar refractivity (Wildman–Crippen MR) is 77.8 cm³/mol. The summed E-state index contributed by atoms with van der Waals surface area (Å²) < 4.78 is 0. The molecule has 0 amide bonds. The van der Waals surface area contributed by atoms with Gasteiger partial charge in [-0.3, -0.25) is 0 Å². The van der Waals surface area contributed by atoms with Crippen LogP contribution in [0.1, 0.15) is 51.4 Å². The number of nitrogen functional groups attached to an aromatic ring is 1. The van der Waals surface area contributed by atoms with E-state index in [9.17, 15) is 0 Å². The highest BCUT2D eigenvalue weighted by atomic mass is 15.2. The fourth-order valence-corrected chi connectivity index (χ4v) is 3.78. The molecule has 2 aliphatic carbocycles.